The zero-order valence-electron chi connectivity index (χ0n) is 10.2. The Morgan fingerprint density at radius 2 is 2.20 bits per heavy atom. The van der Waals surface area contributed by atoms with Crippen molar-refractivity contribution in [3.05, 3.63) is 0 Å². The Hall–Kier alpha value is -0.0800. The van der Waals surface area contributed by atoms with Crippen LogP contribution in [-0.4, -0.2) is 31.1 Å². The summed E-state index contributed by atoms with van der Waals surface area (Å²) in [6.07, 6.45) is 8.31. The average Bonchev–Trinajstić information content (AvgIpc) is 2.65. The first-order valence-corrected chi connectivity index (χ1v) is 6.70. The first-order valence-electron chi connectivity index (χ1n) is 6.70. The van der Waals surface area contributed by atoms with Crippen molar-refractivity contribution in [3.8, 4) is 0 Å². The summed E-state index contributed by atoms with van der Waals surface area (Å²) in [6, 6.07) is 0. The summed E-state index contributed by atoms with van der Waals surface area (Å²) in [5.74, 6) is 0.972. The molecule has 2 N–H and O–H groups in total. The quantitative estimate of drug-likeness (QED) is 0.754. The van der Waals surface area contributed by atoms with Gasteiger partial charge in [0.2, 0.25) is 0 Å². The Morgan fingerprint density at radius 3 is 2.67 bits per heavy atom. The zero-order valence-corrected chi connectivity index (χ0v) is 10.2. The number of nitrogens with zero attached hydrogens (tertiary/aromatic N) is 1. The van der Waals surface area contributed by atoms with Gasteiger partial charge >= 0.3 is 0 Å². The smallest absolute Gasteiger partial charge is 0.00100 e. The van der Waals surface area contributed by atoms with Crippen LogP contribution in [0.4, 0.5) is 0 Å². The normalized spacial score (nSPS) is 30.4. The van der Waals surface area contributed by atoms with Crippen molar-refractivity contribution in [3.63, 3.8) is 0 Å². The molecule has 15 heavy (non-hydrogen) atoms. The lowest BCUT2D eigenvalue weighted by Gasteiger charge is -2.42. The third-order valence-corrected chi connectivity index (χ3v) is 4.75. The van der Waals surface area contributed by atoms with Gasteiger partial charge in [-0.3, -0.25) is 0 Å². The van der Waals surface area contributed by atoms with E-state index in [2.05, 4.69) is 11.8 Å². The third-order valence-electron chi connectivity index (χ3n) is 4.75. The van der Waals surface area contributed by atoms with E-state index in [4.69, 9.17) is 5.73 Å². The molecule has 2 fully saturated rings. The molecule has 1 aliphatic carbocycles. The van der Waals surface area contributed by atoms with Crippen LogP contribution in [0.1, 0.15) is 45.4 Å². The van der Waals surface area contributed by atoms with Gasteiger partial charge < -0.3 is 10.6 Å². The van der Waals surface area contributed by atoms with Crippen LogP contribution in [0.5, 0.6) is 0 Å². The molecule has 1 heterocycles. The number of hydrogen-bond donors (Lipinski definition) is 1. The van der Waals surface area contributed by atoms with E-state index in [1.807, 2.05) is 0 Å². The predicted molar refractivity (Wildman–Crippen MR) is 64.8 cm³/mol. The van der Waals surface area contributed by atoms with Crippen LogP contribution >= 0.6 is 0 Å². The van der Waals surface area contributed by atoms with E-state index in [0.29, 0.717) is 5.41 Å². The molecular weight excluding hydrogens is 184 g/mol. The Bertz CT molecular complexity index is 193. The lowest BCUT2D eigenvalue weighted by Crippen LogP contribution is -2.40. The van der Waals surface area contributed by atoms with Crippen LogP contribution in [0, 0.1) is 11.3 Å². The van der Waals surface area contributed by atoms with Crippen molar-refractivity contribution in [1.82, 2.24) is 4.90 Å². The fraction of sp³-hybridized carbons (Fsp3) is 1.00. The fourth-order valence-corrected chi connectivity index (χ4v) is 3.08. The molecule has 1 atom stereocenters. The van der Waals surface area contributed by atoms with Gasteiger partial charge in [0.15, 0.2) is 0 Å². The van der Waals surface area contributed by atoms with Gasteiger partial charge in [0.05, 0.1) is 0 Å². The van der Waals surface area contributed by atoms with Gasteiger partial charge in [0.1, 0.15) is 0 Å². The fourth-order valence-electron chi connectivity index (χ4n) is 3.08. The predicted octanol–water partition coefficient (Wildman–Crippen LogP) is 2.24. The van der Waals surface area contributed by atoms with Gasteiger partial charge in [-0.1, -0.05) is 19.8 Å². The van der Waals surface area contributed by atoms with Crippen molar-refractivity contribution in [2.45, 2.75) is 45.4 Å². The maximum Gasteiger partial charge on any atom is 0.00100 e. The number of nitrogens with two attached hydrogens (primary N) is 1. The maximum atomic E-state index is 5.89. The van der Waals surface area contributed by atoms with E-state index in [0.717, 1.165) is 12.5 Å². The molecule has 0 amide bonds. The highest BCUT2D eigenvalue weighted by Gasteiger charge is 2.35. The van der Waals surface area contributed by atoms with Crippen molar-refractivity contribution in [1.29, 1.82) is 0 Å². The van der Waals surface area contributed by atoms with E-state index in [9.17, 15) is 0 Å². The SMILES string of the molecule is CCC1CCN(CCC2(CN)CCC2)C1. The molecule has 1 aliphatic heterocycles. The average molecular weight is 210 g/mol. The first-order chi connectivity index (χ1) is 7.28. The summed E-state index contributed by atoms with van der Waals surface area (Å²) < 4.78 is 0. The minimum Gasteiger partial charge on any atom is -0.330 e. The van der Waals surface area contributed by atoms with E-state index < -0.39 is 0 Å². The van der Waals surface area contributed by atoms with Crippen molar-refractivity contribution >= 4 is 0 Å². The van der Waals surface area contributed by atoms with Gasteiger partial charge in [0, 0.05) is 6.54 Å². The Balaban J connectivity index is 1.69. The van der Waals surface area contributed by atoms with Gasteiger partial charge in [-0.05, 0) is 56.7 Å². The minimum atomic E-state index is 0.546. The van der Waals surface area contributed by atoms with Gasteiger partial charge in [-0.15, -0.1) is 0 Å². The molecular formula is C13H26N2. The number of rotatable bonds is 5. The molecule has 1 saturated heterocycles. The molecule has 88 valence electrons. The standard InChI is InChI=1S/C13H26N2/c1-2-12-4-8-15(10-12)9-7-13(11-14)5-3-6-13/h12H,2-11,14H2,1H3. The van der Waals surface area contributed by atoms with E-state index in [1.165, 1.54) is 58.2 Å². The number of hydrogen-bond acceptors (Lipinski definition) is 2. The zero-order chi connectivity index (χ0) is 10.7. The van der Waals surface area contributed by atoms with Crippen molar-refractivity contribution < 1.29 is 0 Å². The topological polar surface area (TPSA) is 29.3 Å². The van der Waals surface area contributed by atoms with E-state index in [-0.39, 0.29) is 0 Å². The summed E-state index contributed by atoms with van der Waals surface area (Å²) in [5.41, 5.74) is 6.43. The Morgan fingerprint density at radius 1 is 1.40 bits per heavy atom. The molecule has 0 bridgehead atoms. The van der Waals surface area contributed by atoms with Crippen LogP contribution in [0.3, 0.4) is 0 Å². The molecule has 2 heteroatoms. The highest BCUT2D eigenvalue weighted by molar-refractivity contribution is 4.89. The molecule has 2 aliphatic rings. The van der Waals surface area contributed by atoms with E-state index >= 15 is 0 Å². The summed E-state index contributed by atoms with van der Waals surface area (Å²) in [5, 5.41) is 0. The minimum absolute atomic E-state index is 0.546. The van der Waals surface area contributed by atoms with Crippen LogP contribution in [0.2, 0.25) is 0 Å². The highest BCUT2D eigenvalue weighted by atomic mass is 15.1. The second kappa shape index (κ2) is 4.84. The molecule has 2 nitrogen and oxygen atoms in total. The lowest BCUT2D eigenvalue weighted by atomic mass is 9.66. The Labute approximate surface area is 94.2 Å². The monoisotopic (exact) mass is 210 g/mol. The molecule has 0 spiro atoms. The number of likely N-dealkylation sites (tertiary alicyclic amines) is 1. The molecule has 2 rings (SSSR count). The van der Waals surface area contributed by atoms with Crippen LogP contribution < -0.4 is 5.73 Å². The molecule has 1 saturated carbocycles. The largest absolute Gasteiger partial charge is 0.330 e. The third kappa shape index (κ3) is 2.54. The molecule has 0 aromatic heterocycles. The maximum absolute atomic E-state index is 5.89. The van der Waals surface area contributed by atoms with Gasteiger partial charge in [-0.25, -0.2) is 0 Å². The second-order valence-corrected chi connectivity index (χ2v) is 5.67. The van der Waals surface area contributed by atoms with Gasteiger partial charge in [0.25, 0.3) is 0 Å². The summed E-state index contributed by atoms with van der Waals surface area (Å²) in [6.45, 7) is 7.21. The second-order valence-electron chi connectivity index (χ2n) is 5.67. The Kier molecular flexibility index (Phi) is 3.68. The van der Waals surface area contributed by atoms with Crippen LogP contribution in [-0.2, 0) is 0 Å². The summed E-state index contributed by atoms with van der Waals surface area (Å²) >= 11 is 0. The molecule has 0 aromatic rings. The first kappa shape index (κ1) is 11.4. The van der Waals surface area contributed by atoms with E-state index in [1.54, 1.807) is 0 Å². The summed E-state index contributed by atoms with van der Waals surface area (Å²) in [4.78, 5) is 2.66. The molecule has 0 aromatic carbocycles. The van der Waals surface area contributed by atoms with Crippen molar-refractivity contribution in [2.75, 3.05) is 26.2 Å². The molecule has 1 unspecified atom stereocenters. The van der Waals surface area contributed by atoms with Gasteiger partial charge in [-0.2, -0.15) is 0 Å². The van der Waals surface area contributed by atoms with Crippen LogP contribution in [0.25, 0.3) is 0 Å². The molecule has 0 radical (unpaired) electrons. The highest BCUT2D eigenvalue weighted by Crippen LogP contribution is 2.43. The van der Waals surface area contributed by atoms with Crippen LogP contribution in [0.15, 0.2) is 0 Å². The lowest BCUT2D eigenvalue weighted by molar-refractivity contribution is 0.111. The van der Waals surface area contributed by atoms with Crippen molar-refractivity contribution in [2.24, 2.45) is 17.1 Å². The summed E-state index contributed by atoms with van der Waals surface area (Å²) in [7, 11) is 0.